The fourth-order valence-electron chi connectivity index (χ4n) is 4.49. The van der Waals surface area contributed by atoms with E-state index in [9.17, 15) is 27.9 Å². The Hall–Kier alpha value is -3.80. The Morgan fingerprint density at radius 3 is 2.81 bits per heavy atom. The normalized spacial score (nSPS) is 19.2. The van der Waals surface area contributed by atoms with E-state index in [1.807, 2.05) is 0 Å². The number of hydrogen-bond acceptors (Lipinski definition) is 6. The first-order valence-electron chi connectivity index (χ1n) is 11.4. The summed E-state index contributed by atoms with van der Waals surface area (Å²) in [6, 6.07) is 8.40. The number of amides is 1. The molecule has 0 spiro atoms. The number of aromatic nitrogens is 2. The van der Waals surface area contributed by atoms with Gasteiger partial charge in [0.1, 0.15) is 11.8 Å². The molecule has 1 N–H and O–H groups in total. The monoisotopic (exact) mass is 530 g/mol. The van der Waals surface area contributed by atoms with Gasteiger partial charge in [0.2, 0.25) is 0 Å². The molecule has 37 heavy (non-hydrogen) atoms. The summed E-state index contributed by atoms with van der Waals surface area (Å²) in [5.74, 6) is -1.26. The van der Waals surface area contributed by atoms with E-state index >= 15 is 0 Å². The van der Waals surface area contributed by atoms with Crippen molar-refractivity contribution in [3.63, 3.8) is 0 Å². The Kier molecular flexibility index (Phi) is 6.44. The van der Waals surface area contributed by atoms with Crippen molar-refractivity contribution >= 4 is 45.8 Å². The van der Waals surface area contributed by atoms with E-state index in [4.69, 9.17) is 4.74 Å². The van der Waals surface area contributed by atoms with Crippen LogP contribution in [0.3, 0.4) is 0 Å². The van der Waals surface area contributed by atoms with Gasteiger partial charge < -0.3 is 14.7 Å². The summed E-state index contributed by atoms with van der Waals surface area (Å²) in [5.41, 5.74) is 0.599. The van der Waals surface area contributed by atoms with Gasteiger partial charge in [-0.1, -0.05) is 12.1 Å². The van der Waals surface area contributed by atoms with E-state index in [1.54, 1.807) is 35.4 Å². The second-order valence-corrected chi connectivity index (χ2v) is 9.65. The van der Waals surface area contributed by atoms with Gasteiger partial charge in [-0.15, -0.1) is 0 Å². The lowest BCUT2D eigenvalue weighted by Crippen LogP contribution is -2.38. The summed E-state index contributed by atoms with van der Waals surface area (Å²) in [5, 5.41) is 14.8. The van der Waals surface area contributed by atoms with Crippen molar-refractivity contribution in [2.24, 2.45) is 4.99 Å². The van der Waals surface area contributed by atoms with Gasteiger partial charge in [-0.2, -0.15) is 23.3 Å². The van der Waals surface area contributed by atoms with Crippen molar-refractivity contribution in [1.82, 2.24) is 14.7 Å². The van der Waals surface area contributed by atoms with Crippen LogP contribution in [0.2, 0.25) is 0 Å². The van der Waals surface area contributed by atoms with E-state index < -0.39 is 29.7 Å². The molecule has 0 radical (unpaired) electrons. The zero-order chi connectivity index (χ0) is 26.3. The molecule has 0 bridgehead atoms. The lowest BCUT2D eigenvalue weighted by Gasteiger charge is -2.21. The highest BCUT2D eigenvalue weighted by atomic mass is 32.2. The number of carboxylic acids is 1. The molecule has 0 saturated carbocycles. The third kappa shape index (κ3) is 4.93. The molecule has 5 rings (SSSR count). The molecule has 1 saturated heterocycles. The third-order valence-corrected chi connectivity index (χ3v) is 7.32. The van der Waals surface area contributed by atoms with Crippen LogP contribution in [0, 0.1) is 0 Å². The van der Waals surface area contributed by atoms with Crippen LogP contribution in [0.4, 0.5) is 13.2 Å². The number of likely N-dealkylation sites (tertiary alicyclic amines) is 1. The molecule has 1 aromatic heterocycles. The number of methoxy groups -OCH3 is 1. The predicted octanol–water partition coefficient (Wildman–Crippen LogP) is 4.63. The van der Waals surface area contributed by atoms with Gasteiger partial charge in [0.25, 0.3) is 5.91 Å². The van der Waals surface area contributed by atoms with E-state index in [-0.39, 0.29) is 17.9 Å². The Morgan fingerprint density at radius 2 is 2.08 bits per heavy atom. The fourth-order valence-corrected chi connectivity index (χ4v) is 5.48. The van der Waals surface area contributed by atoms with Gasteiger partial charge in [-0.25, -0.2) is 4.79 Å². The highest BCUT2D eigenvalue weighted by molar-refractivity contribution is 8.18. The van der Waals surface area contributed by atoms with Crippen LogP contribution in [-0.2, 0) is 22.3 Å². The molecule has 0 aliphatic carbocycles. The van der Waals surface area contributed by atoms with E-state index in [1.165, 1.54) is 23.9 Å². The SMILES string of the molecule is COc1ccc(Cn2ncc3cc(C=C4SC(N5CCCC5C(=O)O)=NC4=O)ccc32)c(C(F)(F)F)c1. The zero-order valence-electron chi connectivity index (χ0n) is 19.5. The smallest absolute Gasteiger partial charge is 0.416 e. The molecule has 3 aromatic rings. The molecule has 3 heterocycles. The van der Waals surface area contributed by atoms with Gasteiger partial charge >= 0.3 is 12.1 Å². The molecule has 2 aliphatic heterocycles. The minimum atomic E-state index is -4.54. The Labute approximate surface area is 213 Å². The van der Waals surface area contributed by atoms with Gasteiger partial charge in [-0.3, -0.25) is 9.48 Å². The summed E-state index contributed by atoms with van der Waals surface area (Å²) < 4.78 is 47.3. The minimum absolute atomic E-state index is 0.0590. The molecule has 2 aliphatic rings. The number of ether oxygens (including phenoxy) is 1. The van der Waals surface area contributed by atoms with Crippen molar-refractivity contribution in [3.05, 3.63) is 64.2 Å². The maximum absolute atomic E-state index is 13.6. The molecular formula is C25H21F3N4O4S. The number of alkyl halides is 3. The van der Waals surface area contributed by atoms with Crippen LogP contribution in [-0.4, -0.2) is 56.5 Å². The zero-order valence-corrected chi connectivity index (χ0v) is 20.3. The lowest BCUT2D eigenvalue weighted by atomic mass is 10.1. The summed E-state index contributed by atoms with van der Waals surface area (Å²) in [4.78, 5) is 30.0. The number of carboxylic acid groups (broad SMARTS) is 1. The maximum atomic E-state index is 13.6. The second kappa shape index (κ2) is 9.58. The number of carbonyl (C=O) groups is 2. The van der Waals surface area contributed by atoms with Crippen molar-refractivity contribution in [1.29, 1.82) is 0 Å². The first-order valence-corrected chi connectivity index (χ1v) is 12.2. The lowest BCUT2D eigenvalue weighted by molar-refractivity contribution is -0.141. The summed E-state index contributed by atoms with van der Waals surface area (Å²) in [6.07, 6.45) is -0.105. The van der Waals surface area contributed by atoms with Crippen molar-refractivity contribution in [2.45, 2.75) is 31.6 Å². The van der Waals surface area contributed by atoms with Crippen LogP contribution in [0.15, 0.2) is 52.5 Å². The molecule has 1 amide bonds. The van der Waals surface area contributed by atoms with E-state index in [2.05, 4.69) is 10.1 Å². The molecular weight excluding hydrogens is 509 g/mol. The summed E-state index contributed by atoms with van der Waals surface area (Å²) in [7, 11) is 1.31. The van der Waals surface area contributed by atoms with Gasteiger partial charge in [0.05, 0.1) is 35.8 Å². The van der Waals surface area contributed by atoms with E-state index in [0.717, 1.165) is 17.8 Å². The van der Waals surface area contributed by atoms with Gasteiger partial charge in [-0.05, 0) is 66.1 Å². The van der Waals surface area contributed by atoms with Crippen molar-refractivity contribution in [3.8, 4) is 5.75 Å². The number of nitrogens with zero attached hydrogens (tertiary/aromatic N) is 4. The number of amidine groups is 1. The number of rotatable bonds is 5. The minimum Gasteiger partial charge on any atom is -0.497 e. The van der Waals surface area contributed by atoms with Crippen LogP contribution < -0.4 is 4.74 Å². The number of halogens is 3. The predicted molar refractivity (Wildman–Crippen MR) is 132 cm³/mol. The molecule has 1 unspecified atom stereocenters. The Morgan fingerprint density at radius 1 is 1.27 bits per heavy atom. The number of carbonyl (C=O) groups excluding carboxylic acids is 1. The summed E-state index contributed by atoms with van der Waals surface area (Å²) in [6.45, 7) is 0.438. The molecule has 1 atom stereocenters. The van der Waals surface area contributed by atoms with Crippen molar-refractivity contribution in [2.75, 3.05) is 13.7 Å². The van der Waals surface area contributed by atoms with E-state index in [0.29, 0.717) is 45.9 Å². The summed E-state index contributed by atoms with van der Waals surface area (Å²) >= 11 is 1.14. The second-order valence-electron chi connectivity index (χ2n) is 8.64. The average molecular weight is 531 g/mol. The molecule has 192 valence electrons. The topological polar surface area (TPSA) is 97.0 Å². The van der Waals surface area contributed by atoms with Crippen LogP contribution >= 0.6 is 11.8 Å². The Bertz CT molecular complexity index is 1460. The number of thioether (sulfide) groups is 1. The van der Waals surface area contributed by atoms with Crippen molar-refractivity contribution < 1.29 is 32.6 Å². The van der Waals surface area contributed by atoms with Gasteiger partial charge in [0.15, 0.2) is 5.17 Å². The highest BCUT2D eigenvalue weighted by Crippen LogP contribution is 2.36. The van der Waals surface area contributed by atoms with Crippen LogP contribution in [0.5, 0.6) is 5.75 Å². The largest absolute Gasteiger partial charge is 0.497 e. The quantitative estimate of drug-likeness (QED) is 0.481. The number of aliphatic imine (C=N–C) groups is 1. The fraction of sp³-hybridized carbons (Fsp3) is 0.280. The average Bonchev–Trinajstić information content (AvgIpc) is 3.58. The molecule has 12 heteroatoms. The first kappa shape index (κ1) is 24.9. The number of benzene rings is 2. The first-order chi connectivity index (χ1) is 17.6. The number of hydrogen-bond donors (Lipinski definition) is 1. The number of fused-ring (bicyclic) bond motifs is 1. The molecule has 1 fully saturated rings. The van der Waals surface area contributed by atoms with Crippen LogP contribution in [0.1, 0.15) is 29.5 Å². The Balaban J connectivity index is 1.37. The molecule has 2 aromatic carbocycles. The van der Waals surface area contributed by atoms with Crippen LogP contribution in [0.25, 0.3) is 17.0 Å². The standard InChI is InChI=1S/C25H21F3N4O4S/c1-36-17-6-5-15(18(11-17)25(26,27)28)13-32-19-7-4-14(9-16(19)12-29-32)10-21-22(33)30-24(37-21)31-8-2-3-20(31)23(34)35/h4-7,9-12,20H,2-3,8,13H2,1H3,(H,34,35). The molecule has 8 nitrogen and oxygen atoms in total. The maximum Gasteiger partial charge on any atom is 0.416 e. The third-order valence-electron chi connectivity index (χ3n) is 6.30. The number of aliphatic carboxylic acids is 1. The van der Waals surface area contributed by atoms with Gasteiger partial charge in [0, 0.05) is 11.9 Å². The highest BCUT2D eigenvalue weighted by Gasteiger charge is 2.37.